The van der Waals surface area contributed by atoms with Crippen molar-refractivity contribution in [2.75, 3.05) is 5.73 Å². The van der Waals surface area contributed by atoms with Crippen LogP contribution >= 0.6 is 0 Å². The highest BCUT2D eigenvalue weighted by Gasteiger charge is 2.12. The molecule has 2 aromatic heterocycles. The second kappa shape index (κ2) is 7.35. The van der Waals surface area contributed by atoms with Gasteiger partial charge in [0.1, 0.15) is 17.2 Å². The predicted molar refractivity (Wildman–Crippen MR) is 86.7 cm³/mol. The minimum atomic E-state index is -0.360. The van der Waals surface area contributed by atoms with Crippen molar-refractivity contribution in [2.24, 2.45) is 0 Å². The lowest BCUT2D eigenvalue weighted by Crippen LogP contribution is -2.31. The molecule has 0 radical (unpaired) electrons. The van der Waals surface area contributed by atoms with Gasteiger partial charge in [0.15, 0.2) is 0 Å². The number of pyridine rings is 2. The van der Waals surface area contributed by atoms with Gasteiger partial charge in [-0.25, -0.2) is 9.97 Å². The average Bonchev–Trinajstić information content (AvgIpc) is 2.53. The highest BCUT2D eigenvalue weighted by atomic mass is 16.2. The van der Waals surface area contributed by atoms with E-state index in [1.807, 2.05) is 13.8 Å². The summed E-state index contributed by atoms with van der Waals surface area (Å²) in [5.74, 6) is -0.246. The van der Waals surface area contributed by atoms with Crippen LogP contribution in [0.5, 0.6) is 0 Å². The van der Waals surface area contributed by atoms with E-state index in [-0.39, 0.29) is 29.2 Å². The van der Waals surface area contributed by atoms with Gasteiger partial charge in [-0.2, -0.15) is 0 Å². The van der Waals surface area contributed by atoms with Crippen LogP contribution in [0.1, 0.15) is 40.4 Å². The summed E-state index contributed by atoms with van der Waals surface area (Å²) in [6, 6.07) is 8.20. The van der Waals surface area contributed by atoms with Gasteiger partial charge >= 0.3 is 0 Å². The molecule has 2 heterocycles. The molecule has 0 spiro atoms. The SMILES string of the molecule is CC(C)NC(=O)c1cccc(C(=O)NCc2ccc(N)nc2)n1. The lowest BCUT2D eigenvalue weighted by molar-refractivity contribution is 0.0936. The van der Waals surface area contributed by atoms with E-state index in [0.29, 0.717) is 12.4 Å². The maximum atomic E-state index is 12.1. The maximum absolute atomic E-state index is 12.1. The third kappa shape index (κ3) is 4.77. The van der Waals surface area contributed by atoms with Crippen LogP contribution < -0.4 is 16.4 Å². The van der Waals surface area contributed by atoms with Crippen molar-refractivity contribution in [3.05, 3.63) is 53.5 Å². The number of nitrogen functional groups attached to an aromatic ring is 1. The summed E-state index contributed by atoms with van der Waals surface area (Å²) < 4.78 is 0. The standard InChI is InChI=1S/C16H19N5O2/c1-10(2)20-16(23)13-5-3-4-12(21-13)15(22)19-9-11-6-7-14(17)18-8-11/h3-8,10H,9H2,1-2H3,(H2,17,18)(H,19,22)(H,20,23). The van der Waals surface area contributed by atoms with Gasteiger partial charge in [-0.15, -0.1) is 0 Å². The summed E-state index contributed by atoms with van der Waals surface area (Å²) in [7, 11) is 0. The van der Waals surface area contributed by atoms with Gasteiger partial charge in [-0.1, -0.05) is 12.1 Å². The van der Waals surface area contributed by atoms with E-state index in [2.05, 4.69) is 20.6 Å². The van der Waals surface area contributed by atoms with Crippen LogP contribution in [0.3, 0.4) is 0 Å². The van der Waals surface area contributed by atoms with Gasteiger partial charge in [0.05, 0.1) is 0 Å². The number of nitrogens with two attached hydrogens (primary N) is 1. The first-order valence-electron chi connectivity index (χ1n) is 7.22. The lowest BCUT2D eigenvalue weighted by Gasteiger charge is -2.09. The van der Waals surface area contributed by atoms with Gasteiger partial charge in [0, 0.05) is 18.8 Å². The Hall–Kier alpha value is -2.96. The summed E-state index contributed by atoms with van der Waals surface area (Å²) in [4.78, 5) is 32.1. The molecule has 23 heavy (non-hydrogen) atoms. The molecule has 0 bridgehead atoms. The van der Waals surface area contributed by atoms with Gasteiger partial charge in [-0.05, 0) is 37.6 Å². The van der Waals surface area contributed by atoms with Crippen molar-refractivity contribution in [1.29, 1.82) is 0 Å². The van der Waals surface area contributed by atoms with Gasteiger partial charge in [0.2, 0.25) is 0 Å². The Balaban J connectivity index is 2.02. The van der Waals surface area contributed by atoms with Crippen molar-refractivity contribution in [1.82, 2.24) is 20.6 Å². The molecule has 0 fully saturated rings. The van der Waals surface area contributed by atoms with E-state index >= 15 is 0 Å². The first-order valence-corrected chi connectivity index (χ1v) is 7.22. The van der Waals surface area contributed by atoms with E-state index < -0.39 is 0 Å². The summed E-state index contributed by atoms with van der Waals surface area (Å²) >= 11 is 0. The van der Waals surface area contributed by atoms with Crippen LogP contribution in [0.15, 0.2) is 36.5 Å². The lowest BCUT2D eigenvalue weighted by atomic mass is 10.2. The van der Waals surface area contributed by atoms with Crippen LogP contribution in [0.25, 0.3) is 0 Å². The first-order chi connectivity index (χ1) is 11.0. The normalized spacial score (nSPS) is 10.4. The molecule has 0 saturated heterocycles. The molecule has 7 nitrogen and oxygen atoms in total. The van der Waals surface area contributed by atoms with E-state index in [1.54, 1.807) is 36.5 Å². The maximum Gasteiger partial charge on any atom is 0.270 e. The monoisotopic (exact) mass is 313 g/mol. The first kappa shape index (κ1) is 16.4. The number of hydrogen-bond acceptors (Lipinski definition) is 5. The molecule has 2 rings (SSSR count). The highest BCUT2D eigenvalue weighted by Crippen LogP contribution is 2.03. The summed E-state index contributed by atoms with van der Waals surface area (Å²) in [6.07, 6.45) is 1.59. The molecule has 7 heteroatoms. The Morgan fingerprint density at radius 3 is 2.43 bits per heavy atom. The number of aromatic nitrogens is 2. The Morgan fingerprint density at radius 1 is 1.13 bits per heavy atom. The van der Waals surface area contributed by atoms with Crippen LogP contribution in [0, 0.1) is 0 Å². The van der Waals surface area contributed by atoms with E-state index in [0.717, 1.165) is 5.56 Å². The molecule has 0 atom stereocenters. The summed E-state index contributed by atoms with van der Waals surface area (Å²) in [6.45, 7) is 4.01. The molecule has 0 aliphatic carbocycles. The highest BCUT2D eigenvalue weighted by molar-refractivity contribution is 5.96. The Labute approximate surface area is 134 Å². The Kier molecular flexibility index (Phi) is 5.24. The number of carbonyl (C=O) groups excluding carboxylic acids is 2. The van der Waals surface area contributed by atoms with Crippen LogP contribution in [0.2, 0.25) is 0 Å². The Bertz CT molecular complexity index is 698. The topological polar surface area (TPSA) is 110 Å². The predicted octanol–water partition coefficient (Wildman–Crippen LogP) is 1.13. The number of hydrogen-bond donors (Lipinski definition) is 3. The number of anilines is 1. The molecule has 4 N–H and O–H groups in total. The van der Waals surface area contributed by atoms with Crippen molar-refractivity contribution in [3.8, 4) is 0 Å². The van der Waals surface area contributed by atoms with Crippen LogP contribution in [0.4, 0.5) is 5.82 Å². The molecule has 0 unspecified atom stereocenters. The molecule has 2 amide bonds. The number of rotatable bonds is 5. The zero-order valence-electron chi connectivity index (χ0n) is 13.0. The van der Waals surface area contributed by atoms with Gasteiger partial charge in [-0.3, -0.25) is 9.59 Å². The van der Waals surface area contributed by atoms with Crippen LogP contribution in [-0.2, 0) is 6.54 Å². The third-order valence-corrected chi connectivity index (χ3v) is 2.93. The zero-order chi connectivity index (χ0) is 16.8. The fraction of sp³-hybridized carbons (Fsp3) is 0.250. The molecule has 0 aromatic carbocycles. The smallest absolute Gasteiger partial charge is 0.270 e. The van der Waals surface area contributed by atoms with E-state index in [4.69, 9.17) is 5.73 Å². The van der Waals surface area contributed by atoms with E-state index in [1.165, 1.54) is 0 Å². The number of nitrogens with one attached hydrogen (secondary N) is 2. The summed E-state index contributed by atoms with van der Waals surface area (Å²) in [5.41, 5.74) is 6.72. The molecular weight excluding hydrogens is 294 g/mol. The molecule has 2 aromatic rings. The average molecular weight is 313 g/mol. The number of carbonyl (C=O) groups is 2. The molecule has 120 valence electrons. The largest absolute Gasteiger partial charge is 0.384 e. The fourth-order valence-corrected chi connectivity index (χ4v) is 1.84. The zero-order valence-corrected chi connectivity index (χ0v) is 13.0. The minimum absolute atomic E-state index is 0.000186. The molecular formula is C16H19N5O2. The molecule has 0 aliphatic heterocycles. The van der Waals surface area contributed by atoms with Gasteiger partial charge < -0.3 is 16.4 Å². The minimum Gasteiger partial charge on any atom is -0.384 e. The quantitative estimate of drug-likeness (QED) is 0.766. The summed E-state index contributed by atoms with van der Waals surface area (Å²) in [5, 5.41) is 5.46. The molecule has 0 aliphatic rings. The second-order valence-electron chi connectivity index (χ2n) is 5.31. The van der Waals surface area contributed by atoms with Crippen LogP contribution in [-0.4, -0.2) is 27.8 Å². The Morgan fingerprint density at radius 2 is 1.83 bits per heavy atom. The fourth-order valence-electron chi connectivity index (χ4n) is 1.84. The second-order valence-corrected chi connectivity index (χ2v) is 5.31. The van der Waals surface area contributed by atoms with Crippen molar-refractivity contribution in [3.63, 3.8) is 0 Å². The van der Waals surface area contributed by atoms with Gasteiger partial charge in [0.25, 0.3) is 11.8 Å². The van der Waals surface area contributed by atoms with Crippen molar-refractivity contribution < 1.29 is 9.59 Å². The third-order valence-electron chi connectivity index (χ3n) is 2.93. The number of nitrogens with zero attached hydrogens (tertiary/aromatic N) is 2. The van der Waals surface area contributed by atoms with Crippen molar-refractivity contribution in [2.45, 2.75) is 26.4 Å². The molecule has 0 saturated carbocycles. The number of amides is 2. The van der Waals surface area contributed by atoms with Crippen molar-refractivity contribution >= 4 is 17.6 Å². The van der Waals surface area contributed by atoms with E-state index in [9.17, 15) is 9.59 Å².